The van der Waals surface area contributed by atoms with Crippen molar-refractivity contribution in [3.8, 4) is 0 Å². The van der Waals surface area contributed by atoms with E-state index in [2.05, 4.69) is 5.32 Å². The summed E-state index contributed by atoms with van der Waals surface area (Å²) in [6.45, 7) is 0.545. The Kier molecular flexibility index (Phi) is 8.98. The van der Waals surface area contributed by atoms with Gasteiger partial charge >= 0.3 is 5.97 Å². The van der Waals surface area contributed by atoms with Gasteiger partial charge in [-0.25, -0.2) is 0 Å². The summed E-state index contributed by atoms with van der Waals surface area (Å²) in [5.74, 6) is -0.422. The monoisotopic (exact) mass is 335 g/mol. The zero-order valence-corrected chi connectivity index (χ0v) is 13.7. The van der Waals surface area contributed by atoms with Gasteiger partial charge in [-0.15, -0.1) is 12.4 Å². The average Bonchev–Trinajstić information content (AvgIpc) is 2.57. The van der Waals surface area contributed by atoms with Crippen molar-refractivity contribution in [2.45, 2.75) is 19.0 Å². The van der Waals surface area contributed by atoms with E-state index in [1.165, 1.54) is 0 Å². The van der Waals surface area contributed by atoms with Gasteiger partial charge in [0.2, 0.25) is 0 Å². The van der Waals surface area contributed by atoms with Crippen molar-refractivity contribution in [1.82, 2.24) is 5.32 Å². The van der Waals surface area contributed by atoms with E-state index in [1.807, 2.05) is 60.7 Å². The summed E-state index contributed by atoms with van der Waals surface area (Å²) in [6, 6.07) is 18.9. The van der Waals surface area contributed by atoms with Crippen LogP contribution in [-0.2, 0) is 22.5 Å². The Hall–Kier alpha value is -1.88. The van der Waals surface area contributed by atoms with E-state index in [9.17, 15) is 9.90 Å². The molecular weight excluding hydrogens is 314 g/mol. The fraction of sp³-hybridized carbons (Fsp3) is 0.278. The normalized spacial score (nSPS) is 11.3. The number of benzene rings is 2. The summed E-state index contributed by atoms with van der Waals surface area (Å²) in [4.78, 5) is 11.9. The van der Waals surface area contributed by atoms with Crippen LogP contribution in [0.4, 0.5) is 0 Å². The summed E-state index contributed by atoms with van der Waals surface area (Å²) in [5, 5.41) is 12.3. The van der Waals surface area contributed by atoms with Gasteiger partial charge in [0.25, 0.3) is 0 Å². The molecule has 0 saturated carbocycles. The Labute approximate surface area is 142 Å². The minimum Gasteiger partial charge on any atom is -0.464 e. The molecule has 0 aromatic heterocycles. The Morgan fingerprint density at radius 1 is 1.00 bits per heavy atom. The molecule has 0 saturated heterocycles. The smallest absolute Gasteiger partial charge is 0.325 e. The number of nitrogens with one attached hydrogen (secondary N) is 1. The molecule has 2 aromatic rings. The number of aliphatic hydroxyl groups is 1. The second-order valence-corrected chi connectivity index (χ2v) is 5.00. The maximum atomic E-state index is 11.9. The van der Waals surface area contributed by atoms with Crippen LogP contribution in [0.1, 0.15) is 11.1 Å². The highest BCUT2D eigenvalue weighted by Gasteiger charge is 2.18. The first-order valence-electron chi connectivity index (χ1n) is 7.38. The van der Waals surface area contributed by atoms with Crippen LogP contribution < -0.4 is 5.32 Å². The highest BCUT2D eigenvalue weighted by Crippen LogP contribution is 2.02. The van der Waals surface area contributed by atoms with Crippen molar-refractivity contribution in [3.63, 3.8) is 0 Å². The standard InChI is InChI=1S/C18H21NO3.ClH/c20-14-17(19-13-16-9-5-2-6-10-16)18(21)22-12-11-15-7-3-1-4-8-15;/h1-10,17,19-20H,11-14H2;1H/t17-;/m0./s1. The summed E-state index contributed by atoms with van der Waals surface area (Å²) in [7, 11) is 0. The number of carbonyl (C=O) groups is 1. The number of ether oxygens (including phenoxy) is 1. The molecule has 0 unspecified atom stereocenters. The van der Waals surface area contributed by atoms with Crippen LogP contribution in [0.25, 0.3) is 0 Å². The van der Waals surface area contributed by atoms with Crippen molar-refractivity contribution in [3.05, 3.63) is 71.8 Å². The minimum absolute atomic E-state index is 0. The number of hydrogen-bond acceptors (Lipinski definition) is 4. The maximum absolute atomic E-state index is 11.9. The Bertz CT molecular complexity index is 563. The molecule has 0 amide bonds. The van der Waals surface area contributed by atoms with Gasteiger partial charge < -0.3 is 9.84 Å². The van der Waals surface area contributed by atoms with Gasteiger partial charge in [0, 0.05) is 13.0 Å². The molecule has 0 spiro atoms. The van der Waals surface area contributed by atoms with Gasteiger partial charge in [-0.2, -0.15) is 0 Å². The van der Waals surface area contributed by atoms with Crippen molar-refractivity contribution < 1.29 is 14.6 Å². The van der Waals surface area contributed by atoms with Crippen LogP contribution in [0.15, 0.2) is 60.7 Å². The van der Waals surface area contributed by atoms with Crippen molar-refractivity contribution >= 4 is 18.4 Å². The van der Waals surface area contributed by atoms with Crippen LogP contribution in [0.5, 0.6) is 0 Å². The predicted octanol–water partition coefficient (Wildman–Crippen LogP) is 2.34. The molecule has 0 aliphatic carbocycles. The van der Waals surface area contributed by atoms with E-state index in [1.54, 1.807) is 0 Å². The van der Waals surface area contributed by atoms with Crippen LogP contribution in [0.2, 0.25) is 0 Å². The Balaban J connectivity index is 0.00000264. The number of carbonyl (C=O) groups excluding carboxylic acids is 1. The number of esters is 1. The first-order chi connectivity index (χ1) is 10.8. The summed E-state index contributed by atoms with van der Waals surface area (Å²) >= 11 is 0. The number of rotatable bonds is 8. The first-order valence-corrected chi connectivity index (χ1v) is 7.38. The van der Waals surface area contributed by atoms with Crippen LogP contribution in [0.3, 0.4) is 0 Å². The lowest BCUT2D eigenvalue weighted by atomic mass is 10.2. The maximum Gasteiger partial charge on any atom is 0.325 e. The molecule has 0 radical (unpaired) electrons. The van der Waals surface area contributed by atoms with E-state index in [4.69, 9.17) is 4.74 Å². The molecule has 0 aliphatic rings. The van der Waals surface area contributed by atoms with E-state index < -0.39 is 12.0 Å². The van der Waals surface area contributed by atoms with Crippen molar-refractivity contribution in [2.24, 2.45) is 0 Å². The SMILES string of the molecule is Cl.O=C(OCCc1ccccc1)[C@H](CO)NCc1ccccc1. The Morgan fingerprint density at radius 3 is 2.13 bits per heavy atom. The average molecular weight is 336 g/mol. The van der Waals surface area contributed by atoms with Gasteiger partial charge in [-0.3, -0.25) is 10.1 Å². The number of aliphatic hydroxyl groups excluding tert-OH is 1. The Morgan fingerprint density at radius 2 is 1.57 bits per heavy atom. The van der Waals surface area contributed by atoms with Crippen LogP contribution in [0, 0.1) is 0 Å². The molecule has 23 heavy (non-hydrogen) atoms. The molecule has 2 N–H and O–H groups in total. The van der Waals surface area contributed by atoms with E-state index in [0.717, 1.165) is 11.1 Å². The summed E-state index contributed by atoms with van der Waals surface area (Å²) < 4.78 is 5.23. The molecule has 1 atom stereocenters. The van der Waals surface area contributed by atoms with Gasteiger partial charge in [-0.05, 0) is 11.1 Å². The second kappa shape index (κ2) is 10.8. The zero-order chi connectivity index (χ0) is 15.6. The van der Waals surface area contributed by atoms with Crippen molar-refractivity contribution in [1.29, 1.82) is 0 Å². The lowest BCUT2D eigenvalue weighted by Crippen LogP contribution is -2.40. The van der Waals surface area contributed by atoms with E-state index in [0.29, 0.717) is 19.6 Å². The minimum atomic E-state index is -0.698. The molecule has 124 valence electrons. The molecule has 0 heterocycles. The number of halogens is 1. The third kappa shape index (κ3) is 6.82. The van der Waals surface area contributed by atoms with E-state index >= 15 is 0 Å². The summed E-state index contributed by atoms with van der Waals surface area (Å²) in [5.41, 5.74) is 2.17. The van der Waals surface area contributed by atoms with Crippen LogP contribution in [-0.4, -0.2) is 30.3 Å². The van der Waals surface area contributed by atoms with Crippen LogP contribution >= 0.6 is 12.4 Å². The third-order valence-corrected chi connectivity index (χ3v) is 3.34. The highest BCUT2D eigenvalue weighted by molar-refractivity contribution is 5.85. The van der Waals surface area contributed by atoms with Gasteiger partial charge in [-0.1, -0.05) is 60.7 Å². The molecule has 4 nitrogen and oxygen atoms in total. The lowest BCUT2D eigenvalue weighted by molar-refractivity contribution is -0.147. The molecule has 0 fully saturated rings. The van der Waals surface area contributed by atoms with Gasteiger partial charge in [0.05, 0.1) is 13.2 Å². The largest absolute Gasteiger partial charge is 0.464 e. The fourth-order valence-electron chi connectivity index (χ4n) is 2.07. The highest BCUT2D eigenvalue weighted by atomic mass is 35.5. The zero-order valence-electron chi connectivity index (χ0n) is 12.9. The molecule has 2 aromatic carbocycles. The summed E-state index contributed by atoms with van der Waals surface area (Å²) in [6.07, 6.45) is 0.670. The molecule has 0 bridgehead atoms. The van der Waals surface area contributed by atoms with Gasteiger partial charge in [0.15, 0.2) is 0 Å². The fourth-order valence-corrected chi connectivity index (χ4v) is 2.07. The topological polar surface area (TPSA) is 58.6 Å². The third-order valence-electron chi connectivity index (χ3n) is 3.34. The molecule has 5 heteroatoms. The number of hydrogen-bond donors (Lipinski definition) is 2. The predicted molar refractivity (Wildman–Crippen MR) is 92.5 cm³/mol. The molecular formula is C18H22ClNO3. The lowest BCUT2D eigenvalue weighted by Gasteiger charge is -2.15. The second-order valence-electron chi connectivity index (χ2n) is 5.00. The molecule has 2 rings (SSSR count). The quantitative estimate of drug-likeness (QED) is 0.727. The molecule has 0 aliphatic heterocycles. The van der Waals surface area contributed by atoms with Gasteiger partial charge in [0.1, 0.15) is 6.04 Å². The van der Waals surface area contributed by atoms with E-state index in [-0.39, 0.29) is 19.0 Å². The van der Waals surface area contributed by atoms with Crippen molar-refractivity contribution in [2.75, 3.05) is 13.2 Å². The first kappa shape index (κ1) is 19.2.